The summed E-state index contributed by atoms with van der Waals surface area (Å²) in [4.78, 5) is 10.7. The van der Waals surface area contributed by atoms with Crippen LogP contribution in [0.25, 0.3) is 0 Å². The molecule has 0 aliphatic carbocycles. The lowest BCUT2D eigenvalue weighted by Crippen LogP contribution is -2.07. The van der Waals surface area contributed by atoms with Crippen molar-refractivity contribution in [1.82, 2.24) is 0 Å². The number of amides is 1. The molecule has 64 valence electrons. The molecule has 0 spiro atoms. The average Bonchev–Trinajstić information content (AvgIpc) is 1.94. The van der Waals surface area contributed by atoms with Crippen molar-refractivity contribution in [2.24, 2.45) is 0 Å². The predicted molar refractivity (Wildman–Crippen MR) is 49.9 cm³/mol. The molecule has 0 aliphatic rings. The van der Waals surface area contributed by atoms with Crippen LogP contribution in [0.5, 0.6) is 0 Å². The van der Waals surface area contributed by atoms with Crippen molar-refractivity contribution in [3.63, 3.8) is 0 Å². The zero-order valence-electron chi connectivity index (χ0n) is 7.22. The van der Waals surface area contributed by atoms with Crippen molar-refractivity contribution in [2.45, 2.75) is 13.8 Å². The minimum absolute atomic E-state index is 0.0668. The second-order valence-electron chi connectivity index (χ2n) is 2.76. The van der Waals surface area contributed by atoms with Crippen LogP contribution in [0.15, 0.2) is 18.2 Å². The number of aryl methyl sites for hydroxylation is 1. The second kappa shape index (κ2) is 3.26. The fourth-order valence-corrected chi connectivity index (χ4v) is 1.02. The number of benzene rings is 1. The van der Waals surface area contributed by atoms with Gasteiger partial charge in [-0.3, -0.25) is 4.79 Å². The lowest BCUT2D eigenvalue weighted by molar-refractivity contribution is -0.114. The Bertz CT molecular complexity index is 307. The highest BCUT2D eigenvalue weighted by Crippen LogP contribution is 2.17. The lowest BCUT2D eigenvalue weighted by atomic mass is 10.2. The number of hydrogen-bond acceptors (Lipinski definition) is 2. The molecule has 1 aromatic rings. The summed E-state index contributed by atoms with van der Waals surface area (Å²) in [7, 11) is 0. The van der Waals surface area contributed by atoms with Crippen LogP contribution in [-0.4, -0.2) is 5.91 Å². The van der Waals surface area contributed by atoms with Crippen LogP contribution in [0.4, 0.5) is 11.4 Å². The van der Waals surface area contributed by atoms with Crippen LogP contribution in [0.2, 0.25) is 0 Å². The van der Waals surface area contributed by atoms with E-state index in [9.17, 15) is 4.79 Å². The molecule has 1 aromatic carbocycles. The Morgan fingerprint density at radius 1 is 1.50 bits per heavy atom. The Balaban J connectivity index is 2.93. The molecular formula is C9H12N2O. The van der Waals surface area contributed by atoms with Gasteiger partial charge in [0.25, 0.3) is 0 Å². The summed E-state index contributed by atoms with van der Waals surface area (Å²) in [5, 5.41) is 2.71. The fourth-order valence-electron chi connectivity index (χ4n) is 1.02. The number of nitrogens with one attached hydrogen (secondary N) is 1. The van der Waals surface area contributed by atoms with Crippen LogP contribution >= 0.6 is 0 Å². The first-order valence-electron chi connectivity index (χ1n) is 3.73. The van der Waals surface area contributed by atoms with Crippen molar-refractivity contribution >= 4 is 17.3 Å². The van der Waals surface area contributed by atoms with E-state index in [0.717, 1.165) is 11.3 Å². The van der Waals surface area contributed by atoms with Crippen LogP contribution in [0, 0.1) is 6.92 Å². The van der Waals surface area contributed by atoms with Gasteiger partial charge >= 0.3 is 0 Å². The van der Waals surface area contributed by atoms with Crippen molar-refractivity contribution in [3.8, 4) is 0 Å². The minimum Gasteiger partial charge on any atom is -0.399 e. The molecule has 3 heteroatoms. The number of nitrogens with two attached hydrogens (primary N) is 1. The molecule has 1 amide bonds. The van der Waals surface area contributed by atoms with Crippen molar-refractivity contribution in [1.29, 1.82) is 0 Å². The molecule has 0 radical (unpaired) electrons. The molecule has 0 fully saturated rings. The Labute approximate surface area is 71.6 Å². The van der Waals surface area contributed by atoms with Gasteiger partial charge < -0.3 is 11.1 Å². The van der Waals surface area contributed by atoms with Gasteiger partial charge in [-0.15, -0.1) is 0 Å². The molecule has 0 saturated heterocycles. The third-order valence-electron chi connectivity index (χ3n) is 1.56. The van der Waals surface area contributed by atoms with Crippen LogP contribution < -0.4 is 11.1 Å². The number of carbonyl (C=O) groups is 1. The van der Waals surface area contributed by atoms with Gasteiger partial charge in [0.1, 0.15) is 0 Å². The number of nitrogen functional groups attached to an aromatic ring is 1. The van der Waals surface area contributed by atoms with E-state index in [1.165, 1.54) is 6.92 Å². The number of rotatable bonds is 1. The van der Waals surface area contributed by atoms with Gasteiger partial charge in [0.2, 0.25) is 5.91 Å². The van der Waals surface area contributed by atoms with Crippen LogP contribution in [0.3, 0.4) is 0 Å². The highest BCUT2D eigenvalue weighted by Gasteiger charge is 1.98. The summed E-state index contributed by atoms with van der Waals surface area (Å²) in [6.07, 6.45) is 0. The van der Waals surface area contributed by atoms with Crippen molar-refractivity contribution < 1.29 is 4.79 Å². The molecule has 0 unspecified atom stereocenters. The number of anilines is 2. The maximum atomic E-state index is 10.7. The third-order valence-corrected chi connectivity index (χ3v) is 1.56. The fraction of sp³-hybridized carbons (Fsp3) is 0.222. The molecule has 0 atom stereocenters. The molecule has 0 bridgehead atoms. The van der Waals surface area contributed by atoms with E-state index in [4.69, 9.17) is 5.73 Å². The Morgan fingerprint density at radius 2 is 2.17 bits per heavy atom. The maximum absolute atomic E-state index is 10.7. The first kappa shape index (κ1) is 8.59. The van der Waals surface area contributed by atoms with E-state index in [1.807, 2.05) is 13.0 Å². The minimum atomic E-state index is -0.0668. The average molecular weight is 164 g/mol. The zero-order valence-corrected chi connectivity index (χ0v) is 7.22. The zero-order chi connectivity index (χ0) is 9.14. The first-order valence-corrected chi connectivity index (χ1v) is 3.73. The SMILES string of the molecule is CC(=O)Nc1ccc(N)cc1C. The van der Waals surface area contributed by atoms with E-state index in [1.54, 1.807) is 12.1 Å². The summed E-state index contributed by atoms with van der Waals surface area (Å²) in [5.41, 5.74) is 8.05. The maximum Gasteiger partial charge on any atom is 0.221 e. The highest BCUT2D eigenvalue weighted by molar-refractivity contribution is 5.89. The molecule has 3 nitrogen and oxygen atoms in total. The van der Waals surface area contributed by atoms with E-state index in [2.05, 4.69) is 5.32 Å². The summed E-state index contributed by atoms with van der Waals surface area (Å²) in [6, 6.07) is 5.38. The van der Waals surface area contributed by atoms with E-state index >= 15 is 0 Å². The topological polar surface area (TPSA) is 55.1 Å². The lowest BCUT2D eigenvalue weighted by Gasteiger charge is -2.06. The first-order chi connectivity index (χ1) is 5.59. The molecule has 1 rings (SSSR count). The van der Waals surface area contributed by atoms with Gasteiger partial charge in [-0.2, -0.15) is 0 Å². The van der Waals surface area contributed by atoms with E-state index in [-0.39, 0.29) is 5.91 Å². The normalized spacial score (nSPS) is 9.50. The summed E-state index contributed by atoms with van der Waals surface area (Å²) >= 11 is 0. The van der Waals surface area contributed by atoms with Crippen molar-refractivity contribution in [3.05, 3.63) is 23.8 Å². The molecule has 0 saturated carbocycles. The third kappa shape index (κ3) is 1.99. The van der Waals surface area contributed by atoms with E-state index in [0.29, 0.717) is 5.69 Å². The summed E-state index contributed by atoms with van der Waals surface area (Å²) in [5.74, 6) is -0.0668. The Hall–Kier alpha value is -1.51. The van der Waals surface area contributed by atoms with Crippen LogP contribution in [0.1, 0.15) is 12.5 Å². The van der Waals surface area contributed by atoms with Crippen LogP contribution in [-0.2, 0) is 4.79 Å². The van der Waals surface area contributed by atoms with Gasteiger partial charge in [0.05, 0.1) is 0 Å². The smallest absolute Gasteiger partial charge is 0.221 e. The summed E-state index contributed by atoms with van der Waals surface area (Å²) in [6.45, 7) is 3.39. The molecule has 0 heterocycles. The summed E-state index contributed by atoms with van der Waals surface area (Å²) < 4.78 is 0. The monoisotopic (exact) mass is 164 g/mol. The van der Waals surface area contributed by atoms with Gasteiger partial charge in [-0.1, -0.05) is 0 Å². The Morgan fingerprint density at radius 3 is 2.67 bits per heavy atom. The standard InChI is InChI=1S/C9H12N2O/c1-6-5-8(10)3-4-9(6)11-7(2)12/h3-5H,10H2,1-2H3,(H,11,12). The molecule has 0 aliphatic heterocycles. The van der Waals surface area contributed by atoms with Gasteiger partial charge in [-0.25, -0.2) is 0 Å². The second-order valence-corrected chi connectivity index (χ2v) is 2.76. The molecule has 3 N–H and O–H groups in total. The van der Waals surface area contributed by atoms with Gasteiger partial charge in [0.15, 0.2) is 0 Å². The van der Waals surface area contributed by atoms with Crippen molar-refractivity contribution in [2.75, 3.05) is 11.1 Å². The quantitative estimate of drug-likeness (QED) is 0.618. The predicted octanol–water partition coefficient (Wildman–Crippen LogP) is 1.54. The molecule has 12 heavy (non-hydrogen) atoms. The highest BCUT2D eigenvalue weighted by atomic mass is 16.1. The Kier molecular flexibility index (Phi) is 2.33. The largest absolute Gasteiger partial charge is 0.399 e. The van der Waals surface area contributed by atoms with Gasteiger partial charge in [0, 0.05) is 18.3 Å². The molecule has 0 aromatic heterocycles. The number of carbonyl (C=O) groups excluding carboxylic acids is 1. The molecular weight excluding hydrogens is 152 g/mol. The van der Waals surface area contributed by atoms with E-state index < -0.39 is 0 Å². The number of hydrogen-bond donors (Lipinski definition) is 2. The van der Waals surface area contributed by atoms with Gasteiger partial charge in [-0.05, 0) is 30.7 Å².